The minimum atomic E-state index is -0.479. The van der Waals surface area contributed by atoms with Crippen molar-refractivity contribution in [2.75, 3.05) is 0 Å². The first kappa shape index (κ1) is 16.7. The van der Waals surface area contributed by atoms with Crippen LogP contribution in [0.25, 0.3) is 0 Å². The van der Waals surface area contributed by atoms with E-state index in [9.17, 15) is 14.9 Å². The maximum Gasteiger partial charge on any atom is 0.309 e. The third kappa shape index (κ3) is 3.74. The van der Waals surface area contributed by atoms with E-state index >= 15 is 0 Å². The number of aryl methyl sites for hydroxylation is 2. The fourth-order valence-electron chi connectivity index (χ4n) is 2.41. The number of carbonyl (C=O) groups excluding carboxylic acids is 1. The Kier molecular flexibility index (Phi) is 5.09. The number of rotatable bonds is 7. The van der Waals surface area contributed by atoms with Crippen LogP contribution in [0.2, 0.25) is 0 Å². The fourth-order valence-corrected chi connectivity index (χ4v) is 2.41. The van der Waals surface area contributed by atoms with Gasteiger partial charge in [-0.3, -0.25) is 24.3 Å². The Labute approximate surface area is 133 Å². The Bertz CT molecular complexity index is 705. The molecule has 1 N–H and O–H groups in total. The summed E-state index contributed by atoms with van der Waals surface area (Å²) in [5.74, 6) is -0.140. The molecular weight excluding hydrogens is 300 g/mol. The van der Waals surface area contributed by atoms with Gasteiger partial charge in [0.25, 0.3) is 0 Å². The van der Waals surface area contributed by atoms with Gasteiger partial charge in [0.1, 0.15) is 11.9 Å². The van der Waals surface area contributed by atoms with Crippen molar-refractivity contribution in [2.24, 2.45) is 0 Å². The van der Waals surface area contributed by atoms with Gasteiger partial charge in [-0.05, 0) is 26.8 Å². The van der Waals surface area contributed by atoms with Crippen LogP contribution in [0, 0.1) is 17.0 Å². The Balaban J connectivity index is 1.91. The van der Waals surface area contributed by atoms with Gasteiger partial charge in [-0.1, -0.05) is 0 Å². The van der Waals surface area contributed by atoms with Crippen molar-refractivity contribution in [2.45, 2.75) is 46.3 Å². The Morgan fingerprint density at radius 1 is 1.43 bits per heavy atom. The van der Waals surface area contributed by atoms with E-state index in [1.807, 2.05) is 24.6 Å². The molecule has 23 heavy (non-hydrogen) atoms. The van der Waals surface area contributed by atoms with Crippen LogP contribution in [-0.2, 0) is 17.9 Å². The third-order valence-electron chi connectivity index (χ3n) is 3.69. The molecule has 0 bridgehead atoms. The molecule has 2 heterocycles. The second kappa shape index (κ2) is 7.03. The molecule has 0 unspecified atom stereocenters. The molecule has 1 amide bonds. The number of nitro groups is 1. The topological polar surface area (TPSA) is 108 Å². The van der Waals surface area contributed by atoms with Gasteiger partial charge in [-0.15, -0.1) is 0 Å². The summed E-state index contributed by atoms with van der Waals surface area (Å²) in [5.41, 5.74) is 1.34. The summed E-state index contributed by atoms with van der Waals surface area (Å²) in [6, 6.07) is 1.72. The normalized spacial score (nSPS) is 12.1. The average molecular weight is 320 g/mol. The molecule has 9 nitrogen and oxygen atoms in total. The number of nitrogens with one attached hydrogen (secondary N) is 1. The predicted octanol–water partition coefficient (Wildman–Crippen LogP) is 1.58. The minimum Gasteiger partial charge on any atom is -0.348 e. The number of amides is 1. The summed E-state index contributed by atoms with van der Waals surface area (Å²) in [7, 11) is 0. The van der Waals surface area contributed by atoms with Crippen LogP contribution >= 0.6 is 0 Å². The highest BCUT2D eigenvalue weighted by atomic mass is 16.6. The van der Waals surface area contributed by atoms with Crippen molar-refractivity contribution in [1.29, 1.82) is 0 Å². The summed E-state index contributed by atoms with van der Waals surface area (Å²) >= 11 is 0. The molecule has 0 aliphatic heterocycles. The van der Waals surface area contributed by atoms with Crippen LogP contribution in [0.3, 0.4) is 0 Å². The van der Waals surface area contributed by atoms with E-state index in [1.165, 1.54) is 10.9 Å². The van der Waals surface area contributed by atoms with Gasteiger partial charge in [0, 0.05) is 19.2 Å². The van der Waals surface area contributed by atoms with Crippen molar-refractivity contribution in [3.05, 3.63) is 40.0 Å². The first-order valence-corrected chi connectivity index (χ1v) is 7.41. The molecule has 0 spiro atoms. The summed E-state index contributed by atoms with van der Waals surface area (Å²) < 4.78 is 3.30. The van der Waals surface area contributed by atoms with Gasteiger partial charge in [0.05, 0.1) is 23.2 Å². The van der Waals surface area contributed by atoms with Gasteiger partial charge >= 0.3 is 5.69 Å². The van der Waals surface area contributed by atoms with E-state index in [-0.39, 0.29) is 24.1 Å². The van der Waals surface area contributed by atoms with Gasteiger partial charge in [0.2, 0.25) is 5.91 Å². The van der Waals surface area contributed by atoms with E-state index in [0.29, 0.717) is 12.2 Å². The SMILES string of the molecule is CCn1nccc1[C@@H](C)NC(=O)CCn1ncc([N+](=O)[O-])c1C. The van der Waals surface area contributed by atoms with Crippen LogP contribution in [0.5, 0.6) is 0 Å². The zero-order chi connectivity index (χ0) is 17.0. The lowest BCUT2D eigenvalue weighted by Gasteiger charge is -2.15. The second-order valence-corrected chi connectivity index (χ2v) is 5.21. The average Bonchev–Trinajstić information content (AvgIpc) is 3.11. The largest absolute Gasteiger partial charge is 0.348 e. The van der Waals surface area contributed by atoms with Crippen LogP contribution in [0.1, 0.15) is 37.7 Å². The lowest BCUT2D eigenvalue weighted by atomic mass is 10.2. The third-order valence-corrected chi connectivity index (χ3v) is 3.69. The van der Waals surface area contributed by atoms with Crippen molar-refractivity contribution in [1.82, 2.24) is 24.9 Å². The molecular formula is C14H20N6O3. The Hall–Kier alpha value is -2.71. The molecule has 0 fully saturated rings. The summed E-state index contributed by atoms with van der Waals surface area (Å²) in [4.78, 5) is 22.4. The molecule has 0 saturated carbocycles. The highest BCUT2D eigenvalue weighted by molar-refractivity contribution is 5.76. The summed E-state index contributed by atoms with van der Waals surface area (Å²) in [6.45, 7) is 6.53. The van der Waals surface area contributed by atoms with Gasteiger partial charge in [0.15, 0.2) is 0 Å². The van der Waals surface area contributed by atoms with Gasteiger partial charge in [-0.2, -0.15) is 10.2 Å². The molecule has 1 atom stereocenters. The van der Waals surface area contributed by atoms with E-state index in [2.05, 4.69) is 15.5 Å². The smallest absolute Gasteiger partial charge is 0.309 e. The van der Waals surface area contributed by atoms with Crippen molar-refractivity contribution in [3.8, 4) is 0 Å². The first-order chi connectivity index (χ1) is 10.9. The van der Waals surface area contributed by atoms with E-state index < -0.39 is 4.92 Å². The predicted molar refractivity (Wildman–Crippen MR) is 82.7 cm³/mol. The molecule has 0 aliphatic rings. The molecule has 0 saturated heterocycles. The highest BCUT2D eigenvalue weighted by Crippen LogP contribution is 2.16. The lowest BCUT2D eigenvalue weighted by Crippen LogP contribution is -2.29. The first-order valence-electron chi connectivity index (χ1n) is 7.41. The van der Waals surface area contributed by atoms with E-state index in [4.69, 9.17) is 0 Å². The summed E-state index contributed by atoms with van der Waals surface area (Å²) in [5, 5.41) is 21.8. The molecule has 0 aliphatic carbocycles. The quantitative estimate of drug-likeness (QED) is 0.615. The van der Waals surface area contributed by atoms with Crippen molar-refractivity contribution >= 4 is 11.6 Å². The number of aromatic nitrogens is 4. The van der Waals surface area contributed by atoms with Crippen LogP contribution < -0.4 is 5.32 Å². The Morgan fingerprint density at radius 3 is 2.78 bits per heavy atom. The van der Waals surface area contributed by atoms with E-state index in [1.54, 1.807) is 13.1 Å². The zero-order valence-electron chi connectivity index (χ0n) is 13.4. The second-order valence-electron chi connectivity index (χ2n) is 5.21. The van der Waals surface area contributed by atoms with Gasteiger partial charge < -0.3 is 5.32 Å². The molecule has 2 aromatic rings. The minimum absolute atomic E-state index is 0.0365. The molecule has 0 radical (unpaired) electrons. The zero-order valence-corrected chi connectivity index (χ0v) is 13.4. The number of carbonyl (C=O) groups is 1. The standard InChI is InChI=1S/C14H20N6O3/c1-4-18-12(5-7-15-18)10(2)17-14(21)6-8-19-11(3)13(9-16-19)20(22)23/h5,7,9-10H,4,6,8H2,1-3H3,(H,17,21)/t10-/m1/s1. The molecule has 0 aromatic carbocycles. The molecule has 2 aromatic heterocycles. The van der Waals surface area contributed by atoms with Crippen LogP contribution in [0.15, 0.2) is 18.5 Å². The maximum absolute atomic E-state index is 12.1. The molecule has 124 valence electrons. The number of hydrogen-bond donors (Lipinski definition) is 1. The number of nitrogens with zero attached hydrogens (tertiary/aromatic N) is 5. The van der Waals surface area contributed by atoms with Gasteiger partial charge in [-0.25, -0.2) is 0 Å². The highest BCUT2D eigenvalue weighted by Gasteiger charge is 2.18. The monoisotopic (exact) mass is 320 g/mol. The molecule has 9 heteroatoms. The fraction of sp³-hybridized carbons (Fsp3) is 0.500. The van der Waals surface area contributed by atoms with Crippen molar-refractivity contribution in [3.63, 3.8) is 0 Å². The Morgan fingerprint density at radius 2 is 2.17 bits per heavy atom. The van der Waals surface area contributed by atoms with E-state index in [0.717, 1.165) is 12.2 Å². The van der Waals surface area contributed by atoms with Crippen molar-refractivity contribution < 1.29 is 9.72 Å². The molecule has 2 rings (SSSR count). The van der Waals surface area contributed by atoms with Crippen LogP contribution in [-0.4, -0.2) is 30.4 Å². The maximum atomic E-state index is 12.1. The lowest BCUT2D eigenvalue weighted by molar-refractivity contribution is -0.385. The number of hydrogen-bond acceptors (Lipinski definition) is 5. The summed E-state index contributed by atoms with van der Waals surface area (Å²) in [6.07, 6.45) is 3.10. The van der Waals surface area contributed by atoms with Crippen LogP contribution in [0.4, 0.5) is 5.69 Å².